The predicted octanol–water partition coefficient (Wildman–Crippen LogP) is 1.93. The summed E-state index contributed by atoms with van der Waals surface area (Å²) >= 11 is 1.56. The summed E-state index contributed by atoms with van der Waals surface area (Å²) in [6.45, 7) is 2.76. The number of thiazole rings is 1. The van der Waals surface area contributed by atoms with Crippen molar-refractivity contribution in [2.75, 3.05) is 13.6 Å². The highest BCUT2D eigenvalue weighted by atomic mass is 32.1. The number of aromatic nitrogens is 1. The number of carbonyl (C=O) groups is 2. The number of carbonyl (C=O) groups excluding carboxylic acids is 2. The Balaban J connectivity index is 1.81. The molecule has 1 aromatic rings. The van der Waals surface area contributed by atoms with E-state index in [0.717, 1.165) is 30.7 Å². The van der Waals surface area contributed by atoms with Gasteiger partial charge in [0.05, 0.1) is 11.0 Å². The lowest BCUT2D eigenvalue weighted by Gasteiger charge is -2.27. The van der Waals surface area contributed by atoms with E-state index in [1.54, 1.807) is 16.2 Å². The van der Waals surface area contributed by atoms with E-state index in [1.807, 2.05) is 17.3 Å². The van der Waals surface area contributed by atoms with E-state index < -0.39 is 0 Å². The Kier molecular flexibility index (Phi) is 3.97. The zero-order chi connectivity index (χ0) is 15.0. The van der Waals surface area contributed by atoms with E-state index >= 15 is 0 Å². The Morgan fingerprint density at radius 2 is 2.19 bits per heavy atom. The minimum Gasteiger partial charge on any atom is -0.344 e. The van der Waals surface area contributed by atoms with Crippen LogP contribution in [0.4, 0.5) is 0 Å². The minimum absolute atomic E-state index is 0.00389. The maximum Gasteiger partial charge on any atom is 0.273 e. The first-order valence-corrected chi connectivity index (χ1v) is 8.49. The summed E-state index contributed by atoms with van der Waals surface area (Å²) in [6.07, 6.45) is 4.33. The van der Waals surface area contributed by atoms with Gasteiger partial charge in [-0.25, -0.2) is 4.98 Å². The molecule has 114 valence electrons. The molecule has 3 rings (SSSR count). The Morgan fingerprint density at radius 1 is 1.43 bits per heavy atom. The van der Waals surface area contributed by atoms with Crippen LogP contribution in [0.25, 0.3) is 0 Å². The molecule has 2 atom stereocenters. The summed E-state index contributed by atoms with van der Waals surface area (Å²) in [4.78, 5) is 32.9. The summed E-state index contributed by atoms with van der Waals surface area (Å²) in [6, 6.07) is 0.201. The second kappa shape index (κ2) is 5.75. The van der Waals surface area contributed by atoms with E-state index in [0.29, 0.717) is 18.7 Å². The normalized spacial score (nSPS) is 25.3. The fraction of sp³-hybridized carbons (Fsp3) is 0.667. The van der Waals surface area contributed by atoms with Gasteiger partial charge in [-0.3, -0.25) is 9.59 Å². The SMILES string of the molecule is CCCc1nc(C(=O)N2[C@@H]3CC[C@H]2CN(C)C(=O)C3)cs1. The molecule has 0 aliphatic carbocycles. The molecular formula is C15H21N3O2S. The third-order valence-corrected chi connectivity index (χ3v) is 5.32. The number of aryl methyl sites for hydroxylation is 1. The predicted molar refractivity (Wildman–Crippen MR) is 81.3 cm³/mol. The van der Waals surface area contributed by atoms with Crippen molar-refractivity contribution in [1.82, 2.24) is 14.8 Å². The Morgan fingerprint density at radius 3 is 2.95 bits per heavy atom. The first-order chi connectivity index (χ1) is 10.1. The van der Waals surface area contributed by atoms with Gasteiger partial charge in [-0.2, -0.15) is 0 Å². The topological polar surface area (TPSA) is 53.5 Å². The number of likely N-dealkylation sites (N-methyl/N-ethyl adjacent to an activating group) is 1. The van der Waals surface area contributed by atoms with Crippen LogP contribution >= 0.6 is 11.3 Å². The fourth-order valence-electron chi connectivity index (χ4n) is 3.32. The molecule has 1 aromatic heterocycles. The molecule has 21 heavy (non-hydrogen) atoms. The Labute approximate surface area is 129 Å². The van der Waals surface area contributed by atoms with Crippen LogP contribution in [0.2, 0.25) is 0 Å². The van der Waals surface area contributed by atoms with Gasteiger partial charge in [-0.15, -0.1) is 11.3 Å². The summed E-state index contributed by atoms with van der Waals surface area (Å²) in [7, 11) is 1.83. The molecule has 2 aliphatic heterocycles. The molecule has 5 nitrogen and oxygen atoms in total. The number of hydrogen-bond donors (Lipinski definition) is 0. The van der Waals surface area contributed by atoms with Crippen molar-refractivity contribution in [3.8, 4) is 0 Å². The van der Waals surface area contributed by atoms with Gasteiger partial charge in [0.15, 0.2) is 0 Å². The van der Waals surface area contributed by atoms with Crippen molar-refractivity contribution in [1.29, 1.82) is 0 Å². The number of likely N-dealkylation sites (tertiary alicyclic amines) is 1. The molecule has 0 N–H and O–H groups in total. The van der Waals surface area contributed by atoms with E-state index in [9.17, 15) is 9.59 Å². The third-order valence-electron chi connectivity index (χ3n) is 4.41. The van der Waals surface area contributed by atoms with Crippen molar-refractivity contribution < 1.29 is 9.59 Å². The molecule has 2 saturated heterocycles. The highest BCUT2D eigenvalue weighted by Crippen LogP contribution is 2.32. The highest BCUT2D eigenvalue weighted by molar-refractivity contribution is 7.09. The number of fused-ring (bicyclic) bond motifs is 2. The number of hydrogen-bond acceptors (Lipinski definition) is 4. The van der Waals surface area contributed by atoms with Crippen molar-refractivity contribution >= 4 is 23.2 Å². The number of rotatable bonds is 3. The zero-order valence-electron chi connectivity index (χ0n) is 12.5. The molecule has 0 unspecified atom stereocenters. The smallest absolute Gasteiger partial charge is 0.273 e. The van der Waals surface area contributed by atoms with Crippen molar-refractivity contribution in [3.05, 3.63) is 16.1 Å². The molecule has 2 bridgehead atoms. The standard InChI is InChI=1S/C15H21N3O2S/c1-3-4-13-16-12(9-21-13)15(20)18-10-5-6-11(18)8-17(2)14(19)7-10/h9-11H,3-8H2,1-2H3/t10-,11+/m1/s1. The van der Waals surface area contributed by atoms with Gasteiger partial charge in [0, 0.05) is 31.4 Å². The van der Waals surface area contributed by atoms with Gasteiger partial charge < -0.3 is 9.80 Å². The quantitative estimate of drug-likeness (QED) is 0.857. The number of nitrogens with zero attached hydrogens (tertiary/aromatic N) is 3. The molecular weight excluding hydrogens is 286 g/mol. The van der Waals surface area contributed by atoms with Gasteiger partial charge in [0.1, 0.15) is 5.69 Å². The second-order valence-corrected chi connectivity index (χ2v) is 6.89. The van der Waals surface area contributed by atoms with E-state index in [1.165, 1.54) is 0 Å². The Hall–Kier alpha value is -1.43. The minimum atomic E-state index is 0.00389. The maximum atomic E-state index is 12.8. The molecule has 2 amide bonds. The molecule has 2 aliphatic rings. The van der Waals surface area contributed by atoms with Crippen molar-refractivity contribution in [2.24, 2.45) is 0 Å². The van der Waals surface area contributed by atoms with Crippen LogP contribution in [0, 0.1) is 0 Å². The summed E-state index contributed by atoms with van der Waals surface area (Å²) < 4.78 is 0. The summed E-state index contributed by atoms with van der Waals surface area (Å²) in [5, 5.41) is 2.89. The molecule has 6 heteroatoms. The van der Waals surface area contributed by atoms with Gasteiger partial charge in [-0.1, -0.05) is 6.92 Å². The average Bonchev–Trinajstić information content (AvgIpc) is 3.03. The second-order valence-electron chi connectivity index (χ2n) is 5.95. The largest absolute Gasteiger partial charge is 0.344 e. The first-order valence-electron chi connectivity index (χ1n) is 7.61. The van der Waals surface area contributed by atoms with Gasteiger partial charge in [-0.05, 0) is 25.7 Å². The van der Waals surface area contributed by atoms with Gasteiger partial charge in [0.2, 0.25) is 5.91 Å². The molecule has 0 spiro atoms. The van der Waals surface area contributed by atoms with Crippen LogP contribution in [0.15, 0.2) is 5.38 Å². The van der Waals surface area contributed by atoms with E-state index in [-0.39, 0.29) is 23.9 Å². The van der Waals surface area contributed by atoms with Crippen LogP contribution in [0.5, 0.6) is 0 Å². The van der Waals surface area contributed by atoms with Crippen LogP contribution < -0.4 is 0 Å². The average molecular weight is 307 g/mol. The third kappa shape index (κ3) is 2.69. The molecule has 0 saturated carbocycles. The lowest BCUT2D eigenvalue weighted by atomic mass is 10.1. The van der Waals surface area contributed by atoms with Gasteiger partial charge >= 0.3 is 0 Å². The highest BCUT2D eigenvalue weighted by Gasteiger charge is 2.42. The van der Waals surface area contributed by atoms with Crippen molar-refractivity contribution in [3.63, 3.8) is 0 Å². The fourth-order valence-corrected chi connectivity index (χ4v) is 4.19. The molecule has 0 aromatic carbocycles. The maximum absolute atomic E-state index is 12.8. The van der Waals surface area contributed by atoms with E-state index in [2.05, 4.69) is 11.9 Å². The van der Waals surface area contributed by atoms with Gasteiger partial charge in [0.25, 0.3) is 5.91 Å². The number of amides is 2. The van der Waals surface area contributed by atoms with Crippen LogP contribution in [0.3, 0.4) is 0 Å². The van der Waals surface area contributed by atoms with Crippen LogP contribution in [-0.2, 0) is 11.2 Å². The van der Waals surface area contributed by atoms with Crippen LogP contribution in [-0.4, -0.2) is 52.3 Å². The summed E-state index contributed by atoms with van der Waals surface area (Å²) in [5.41, 5.74) is 0.553. The molecule has 2 fully saturated rings. The zero-order valence-corrected chi connectivity index (χ0v) is 13.4. The van der Waals surface area contributed by atoms with Crippen molar-refractivity contribution in [2.45, 2.75) is 51.1 Å². The molecule has 3 heterocycles. The van der Waals surface area contributed by atoms with E-state index in [4.69, 9.17) is 0 Å². The Bertz CT molecular complexity index is 557. The first kappa shape index (κ1) is 14.5. The monoisotopic (exact) mass is 307 g/mol. The lowest BCUT2D eigenvalue weighted by molar-refractivity contribution is -0.130. The lowest BCUT2D eigenvalue weighted by Crippen LogP contribution is -2.42. The summed E-state index contributed by atoms with van der Waals surface area (Å²) in [5.74, 6) is 0.147. The van der Waals surface area contributed by atoms with Crippen LogP contribution in [0.1, 0.15) is 48.1 Å². The molecule has 0 radical (unpaired) electrons.